The molecule has 0 saturated carbocycles. The lowest BCUT2D eigenvalue weighted by Crippen LogP contribution is -2.37. The van der Waals surface area contributed by atoms with E-state index in [1.807, 2.05) is 12.1 Å². The van der Waals surface area contributed by atoms with Crippen molar-refractivity contribution in [2.75, 3.05) is 13.1 Å². The van der Waals surface area contributed by atoms with Gasteiger partial charge in [0.2, 0.25) is 0 Å². The first-order chi connectivity index (χ1) is 11.3. The third-order valence-corrected chi connectivity index (χ3v) is 3.99. The van der Waals surface area contributed by atoms with E-state index in [0.717, 1.165) is 37.0 Å². The molecule has 0 unspecified atom stereocenters. The minimum absolute atomic E-state index is 0.378. The number of carbonyl (C=O) groups excluding carboxylic acids is 1. The summed E-state index contributed by atoms with van der Waals surface area (Å²) in [6, 6.07) is 12.3. The van der Waals surface area contributed by atoms with Gasteiger partial charge in [-0.2, -0.15) is 0 Å². The largest absolute Gasteiger partial charge is 0.469 e. The molecule has 2 heterocycles. The van der Waals surface area contributed by atoms with Crippen molar-refractivity contribution in [1.82, 2.24) is 10.4 Å². The van der Waals surface area contributed by atoms with Gasteiger partial charge in [0.1, 0.15) is 5.76 Å². The van der Waals surface area contributed by atoms with Crippen LogP contribution in [-0.4, -0.2) is 24.2 Å². The normalized spacial score (nSPS) is 14.3. The van der Waals surface area contributed by atoms with Crippen molar-refractivity contribution in [2.24, 2.45) is 0 Å². The lowest BCUT2D eigenvalue weighted by molar-refractivity contribution is -0.112. The fraction of sp³-hybridized carbons (Fsp3) is 0.389. The lowest BCUT2D eigenvalue weighted by Gasteiger charge is -2.24. The zero-order chi connectivity index (χ0) is 15.9. The number of hydroxylamine groups is 2. The van der Waals surface area contributed by atoms with E-state index in [1.165, 1.54) is 5.56 Å². The molecule has 3 rings (SSSR count). The molecule has 1 aromatic heterocycles. The van der Waals surface area contributed by atoms with Gasteiger partial charge < -0.3 is 14.6 Å². The third kappa shape index (κ3) is 4.60. The summed E-state index contributed by atoms with van der Waals surface area (Å²) in [4.78, 5) is 17.1. The summed E-state index contributed by atoms with van der Waals surface area (Å²) in [6.07, 6.45) is 5.10. The molecule has 0 radical (unpaired) electrons. The first-order valence-electron chi connectivity index (χ1n) is 8.11. The van der Waals surface area contributed by atoms with Gasteiger partial charge in [0.25, 0.3) is 0 Å². The van der Waals surface area contributed by atoms with Gasteiger partial charge >= 0.3 is 6.09 Å². The van der Waals surface area contributed by atoms with E-state index in [9.17, 15) is 4.79 Å². The molecule has 1 N–H and O–H groups in total. The Hall–Kier alpha value is -2.27. The number of rotatable bonds is 6. The van der Waals surface area contributed by atoms with E-state index >= 15 is 0 Å². The summed E-state index contributed by atoms with van der Waals surface area (Å²) in [5.41, 5.74) is 2.42. The van der Waals surface area contributed by atoms with Crippen LogP contribution in [0.1, 0.15) is 29.7 Å². The van der Waals surface area contributed by atoms with Crippen LogP contribution in [0, 0.1) is 0 Å². The highest BCUT2D eigenvalue weighted by atomic mass is 16.7. The molecular weight excluding hydrogens is 292 g/mol. The molecule has 0 fully saturated rings. The number of nitrogens with zero attached hydrogens (tertiary/aromatic N) is 1. The number of unbranched alkanes of at least 4 members (excludes halogenated alkanes) is 1. The Morgan fingerprint density at radius 3 is 2.96 bits per heavy atom. The number of carbonyl (C=O) groups is 1. The van der Waals surface area contributed by atoms with Gasteiger partial charge in [0.05, 0.1) is 12.8 Å². The molecule has 1 aliphatic heterocycles. The van der Waals surface area contributed by atoms with Crippen molar-refractivity contribution in [3.8, 4) is 0 Å². The van der Waals surface area contributed by atoms with E-state index in [4.69, 9.17) is 9.25 Å². The number of hydrogen-bond donors (Lipinski definition) is 1. The second-order valence-electron chi connectivity index (χ2n) is 5.73. The second kappa shape index (κ2) is 7.83. The van der Waals surface area contributed by atoms with Crippen molar-refractivity contribution < 1.29 is 14.0 Å². The molecule has 122 valence electrons. The maximum absolute atomic E-state index is 11.8. The van der Waals surface area contributed by atoms with Gasteiger partial charge in [-0.3, -0.25) is 0 Å². The first kappa shape index (κ1) is 15.6. The maximum atomic E-state index is 11.8. The summed E-state index contributed by atoms with van der Waals surface area (Å²) >= 11 is 0. The summed E-state index contributed by atoms with van der Waals surface area (Å²) < 4.78 is 5.35. The Morgan fingerprint density at radius 1 is 1.22 bits per heavy atom. The van der Waals surface area contributed by atoms with Gasteiger partial charge in [0.15, 0.2) is 0 Å². The zero-order valence-corrected chi connectivity index (χ0v) is 13.2. The van der Waals surface area contributed by atoms with Crippen molar-refractivity contribution in [3.63, 3.8) is 0 Å². The molecule has 0 spiro atoms. The van der Waals surface area contributed by atoms with Crippen molar-refractivity contribution in [3.05, 3.63) is 59.5 Å². The molecule has 23 heavy (non-hydrogen) atoms. The number of furan rings is 1. The third-order valence-electron chi connectivity index (χ3n) is 3.99. The van der Waals surface area contributed by atoms with Gasteiger partial charge in [-0.15, -0.1) is 5.06 Å². The van der Waals surface area contributed by atoms with Gasteiger partial charge in [0, 0.05) is 25.1 Å². The van der Waals surface area contributed by atoms with Crippen LogP contribution in [0.3, 0.4) is 0 Å². The molecule has 5 nitrogen and oxygen atoms in total. The summed E-state index contributed by atoms with van der Waals surface area (Å²) in [6.45, 7) is 1.89. The van der Waals surface area contributed by atoms with Crippen molar-refractivity contribution in [1.29, 1.82) is 0 Å². The molecule has 0 saturated heterocycles. The second-order valence-corrected chi connectivity index (χ2v) is 5.73. The van der Waals surface area contributed by atoms with E-state index in [-0.39, 0.29) is 6.09 Å². The van der Waals surface area contributed by atoms with Crippen LogP contribution in [0.5, 0.6) is 0 Å². The Balaban J connectivity index is 1.30. The summed E-state index contributed by atoms with van der Waals surface area (Å²) in [5, 5.41) is 4.49. The fourth-order valence-electron chi connectivity index (χ4n) is 2.74. The van der Waals surface area contributed by atoms with Gasteiger partial charge in [-0.1, -0.05) is 30.3 Å². The molecule has 1 aromatic carbocycles. The predicted octanol–water partition coefficient (Wildman–Crippen LogP) is 3.30. The van der Waals surface area contributed by atoms with Crippen LogP contribution >= 0.6 is 0 Å². The Morgan fingerprint density at radius 2 is 2.09 bits per heavy atom. The Bertz CT molecular complexity index is 624. The molecule has 0 bridgehead atoms. The van der Waals surface area contributed by atoms with E-state index in [1.54, 1.807) is 11.3 Å². The SMILES string of the molecule is O=C(NCCCCc1ccccc1)ON1CCc2occc2C1. The lowest BCUT2D eigenvalue weighted by atomic mass is 10.1. The smallest absolute Gasteiger partial charge is 0.426 e. The molecule has 1 aliphatic rings. The minimum atomic E-state index is -0.378. The standard InChI is InChI=1S/C18H22N2O3/c21-18(19-11-5-4-8-15-6-2-1-3-7-15)23-20-12-9-17-16(14-20)10-13-22-17/h1-3,6-7,10,13H,4-5,8-9,11-12,14H2,(H,19,21). The predicted molar refractivity (Wildman–Crippen MR) is 86.7 cm³/mol. The van der Waals surface area contributed by atoms with E-state index in [0.29, 0.717) is 19.6 Å². The quantitative estimate of drug-likeness (QED) is 0.831. The molecule has 1 amide bonds. The topological polar surface area (TPSA) is 54.7 Å². The highest BCUT2D eigenvalue weighted by molar-refractivity contribution is 5.66. The first-order valence-corrected chi connectivity index (χ1v) is 8.11. The number of nitrogens with one attached hydrogen (secondary N) is 1. The number of amides is 1. The number of benzene rings is 1. The van der Waals surface area contributed by atoms with Crippen LogP contribution in [0.4, 0.5) is 4.79 Å². The Labute approximate surface area is 136 Å². The van der Waals surface area contributed by atoms with Crippen LogP contribution in [0.25, 0.3) is 0 Å². The number of fused-ring (bicyclic) bond motifs is 1. The van der Waals surface area contributed by atoms with E-state index in [2.05, 4.69) is 29.6 Å². The molecule has 0 aliphatic carbocycles. The molecular formula is C18H22N2O3. The average molecular weight is 314 g/mol. The van der Waals surface area contributed by atoms with Crippen molar-refractivity contribution in [2.45, 2.75) is 32.2 Å². The fourth-order valence-corrected chi connectivity index (χ4v) is 2.74. The number of hydrogen-bond acceptors (Lipinski definition) is 4. The molecule has 0 atom stereocenters. The minimum Gasteiger partial charge on any atom is -0.469 e. The summed E-state index contributed by atoms with van der Waals surface area (Å²) in [7, 11) is 0. The van der Waals surface area contributed by atoms with Crippen molar-refractivity contribution >= 4 is 6.09 Å². The van der Waals surface area contributed by atoms with Gasteiger partial charge in [-0.25, -0.2) is 4.79 Å². The van der Waals surface area contributed by atoms with E-state index < -0.39 is 0 Å². The number of aryl methyl sites for hydroxylation is 1. The highest BCUT2D eigenvalue weighted by Crippen LogP contribution is 2.19. The van der Waals surface area contributed by atoms with Crippen LogP contribution in [-0.2, 0) is 24.2 Å². The van der Waals surface area contributed by atoms with Gasteiger partial charge in [-0.05, 0) is 30.9 Å². The maximum Gasteiger partial charge on any atom is 0.426 e. The Kier molecular flexibility index (Phi) is 5.32. The average Bonchev–Trinajstić information content (AvgIpc) is 3.03. The van der Waals surface area contributed by atoms with Crippen LogP contribution in [0.2, 0.25) is 0 Å². The monoisotopic (exact) mass is 314 g/mol. The highest BCUT2D eigenvalue weighted by Gasteiger charge is 2.21. The summed E-state index contributed by atoms with van der Waals surface area (Å²) in [5.74, 6) is 0.992. The molecule has 5 heteroatoms. The zero-order valence-electron chi connectivity index (χ0n) is 13.2. The van der Waals surface area contributed by atoms with Crippen LogP contribution < -0.4 is 5.32 Å². The molecule has 2 aromatic rings. The van der Waals surface area contributed by atoms with Crippen LogP contribution in [0.15, 0.2) is 47.1 Å².